The lowest BCUT2D eigenvalue weighted by molar-refractivity contribution is -0.119. The fraction of sp³-hybridized carbons (Fsp3) is 0.273. The summed E-state index contributed by atoms with van der Waals surface area (Å²) in [5.41, 5.74) is 2.38. The molecular weight excluding hydrogens is 382 g/mol. The molecule has 1 atom stereocenters. The Balaban J connectivity index is 1.41. The second-order valence-electron chi connectivity index (χ2n) is 6.88. The third-order valence-corrected chi connectivity index (χ3v) is 4.55. The van der Waals surface area contributed by atoms with Crippen molar-refractivity contribution >= 4 is 23.2 Å². The smallest absolute Gasteiger partial charge is 0.249 e. The molecule has 0 aliphatic heterocycles. The van der Waals surface area contributed by atoms with E-state index in [1.54, 1.807) is 31.2 Å². The number of nitrogens with zero attached hydrogens (tertiary/aromatic N) is 3. The molecule has 1 aromatic heterocycles. The molecule has 1 unspecified atom stereocenters. The van der Waals surface area contributed by atoms with Gasteiger partial charge in [-0.05, 0) is 56.2 Å². The van der Waals surface area contributed by atoms with Crippen LogP contribution >= 0.6 is 0 Å². The molecule has 156 valence electrons. The van der Waals surface area contributed by atoms with Crippen molar-refractivity contribution in [2.24, 2.45) is 0 Å². The largest absolute Gasteiger partial charge is 0.493 e. The van der Waals surface area contributed by atoms with Gasteiger partial charge in [-0.25, -0.2) is 9.67 Å². The molecule has 1 heterocycles. The lowest BCUT2D eigenvalue weighted by Crippen LogP contribution is -2.24. The SMILES string of the molecule is Cc1ccccc1OCCCC(=O)Nc1ccc(NC(=O)C(C)n2cncn2)cc1. The number of hydrogen-bond acceptors (Lipinski definition) is 5. The van der Waals surface area contributed by atoms with Crippen molar-refractivity contribution in [3.05, 3.63) is 66.7 Å². The molecule has 0 aliphatic rings. The first kappa shape index (κ1) is 21.0. The topological polar surface area (TPSA) is 98.1 Å². The van der Waals surface area contributed by atoms with Crippen LogP contribution in [0.4, 0.5) is 11.4 Å². The minimum Gasteiger partial charge on any atom is -0.493 e. The van der Waals surface area contributed by atoms with Gasteiger partial charge in [0, 0.05) is 17.8 Å². The molecule has 3 aromatic rings. The summed E-state index contributed by atoms with van der Waals surface area (Å²) in [6, 6.07) is 14.3. The summed E-state index contributed by atoms with van der Waals surface area (Å²) < 4.78 is 7.18. The van der Waals surface area contributed by atoms with Crippen molar-refractivity contribution in [2.75, 3.05) is 17.2 Å². The summed E-state index contributed by atoms with van der Waals surface area (Å²) >= 11 is 0. The van der Waals surface area contributed by atoms with E-state index in [0.717, 1.165) is 11.3 Å². The molecule has 30 heavy (non-hydrogen) atoms. The maximum atomic E-state index is 12.3. The van der Waals surface area contributed by atoms with Gasteiger partial charge in [0.05, 0.1) is 6.61 Å². The lowest BCUT2D eigenvalue weighted by atomic mass is 10.2. The number of nitrogens with one attached hydrogen (secondary N) is 2. The second kappa shape index (κ2) is 10.2. The standard InChI is InChI=1S/C22H25N5O3/c1-16-6-3-4-7-20(16)30-13-5-8-21(28)25-18-9-11-19(12-10-18)26-22(29)17(2)27-15-23-14-24-27/h3-4,6-7,9-12,14-15,17H,5,8,13H2,1-2H3,(H,25,28)(H,26,29). The molecule has 0 bridgehead atoms. The summed E-state index contributed by atoms with van der Waals surface area (Å²) in [7, 11) is 0. The Morgan fingerprint density at radius 2 is 1.77 bits per heavy atom. The highest BCUT2D eigenvalue weighted by Gasteiger charge is 2.15. The van der Waals surface area contributed by atoms with E-state index >= 15 is 0 Å². The third kappa shape index (κ3) is 5.91. The monoisotopic (exact) mass is 407 g/mol. The Morgan fingerprint density at radius 1 is 1.07 bits per heavy atom. The van der Waals surface area contributed by atoms with Gasteiger partial charge in [0.1, 0.15) is 24.4 Å². The first-order valence-corrected chi connectivity index (χ1v) is 9.76. The van der Waals surface area contributed by atoms with Crippen LogP contribution in [0, 0.1) is 6.92 Å². The molecule has 2 aromatic carbocycles. The summed E-state index contributed by atoms with van der Waals surface area (Å²) in [4.78, 5) is 28.2. The highest BCUT2D eigenvalue weighted by Crippen LogP contribution is 2.17. The first-order chi connectivity index (χ1) is 14.5. The molecule has 2 N–H and O–H groups in total. The van der Waals surface area contributed by atoms with Gasteiger partial charge in [0.25, 0.3) is 0 Å². The first-order valence-electron chi connectivity index (χ1n) is 9.76. The average molecular weight is 407 g/mol. The minimum atomic E-state index is -0.478. The van der Waals surface area contributed by atoms with E-state index in [9.17, 15) is 9.59 Å². The summed E-state index contributed by atoms with van der Waals surface area (Å²) in [6.07, 6.45) is 3.86. The zero-order valence-electron chi connectivity index (χ0n) is 17.0. The van der Waals surface area contributed by atoms with E-state index in [1.807, 2.05) is 31.2 Å². The number of amides is 2. The molecule has 0 spiro atoms. The molecular formula is C22H25N5O3. The number of ether oxygens (including phenoxy) is 1. The number of rotatable bonds is 9. The minimum absolute atomic E-state index is 0.0834. The number of carbonyl (C=O) groups is 2. The van der Waals surface area contributed by atoms with E-state index in [-0.39, 0.29) is 11.8 Å². The van der Waals surface area contributed by atoms with Gasteiger partial charge in [-0.3, -0.25) is 9.59 Å². The lowest BCUT2D eigenvalue weighted by Gasteiger charge is -2.12. The fourth-order valence-corrected chi connectivity index (χ4v) is 2.78. The quantitative estimate of drug-likeness (QED) is 0.528. The Morgan fingerprint density at radius 3 is 2.43 bits per heavy atom. The predicted octanol–water partition coefficient (Wildman–Crippen LogP) is 3.58. The van der Waals surface area contributed by atoms with Crippen molar-refractivity contribution < 1.29 is 14.3 Å². The summed E-state index contributed by atoms with van der Waals surface area (Å²) in [5.74, 6) is 0.555. The third-order valence-electron chi connectivity index (χ3n) is 4.55. The van der Waals surface area contributed by atoms with Gasteiger partial charge in [-0.1, -0.05) is 18.2 Å². The zero-order valence-corrected chi connectivity index (χ0v) is 17.0. The van der Waals surface area contributed by atoms with Crippen LogP contribution in [0.5, 0.6) is 5.75 Å². The van der Waals surface area contributed by atoms with Crippen molar-refractivity contribution in [1.82, 2.24) is 14.8 Å². The summed E-state index contributed by atoms with van der Waals surface area (Å²) in [5, 5.41) is 9.63. The number of para-hydroxylation sites is 1. The molecule has 0 fully saturated rings. The van der Waals surface area contributed by atoms with Crippen molar-refractivity contribution in [3.63, 3.8) is 0 Å². The number of benzene rings is 2. The van der Waals surface area contributed by atoms with Crippen LogP contribution in [0.1, 0.15) is 31.4 Å². The van der Waals surface area contributed by atoms with Crippen LogP contribution < -0.4 is 15.4 Å². The van der Waals surface area contributed by atoms with E-state index < -0.39 is 6.04 Å². The number of hydrogen-bond donors (Lipinski definition) is 2. The fourth-order valence-electron chi connectivity index (χ4n) is 2.78. The van der Waals surface area contributed by atoms with Gasteiger partial charge < -0.3 is 15.4 Å². The number of anilines is 2. The maximum Gasteiger partial charge on any atom is 0.249 e. The molecule has 8 heteroatoms. The normalized spacial score (nSPS) is 11.5. The highest BCUT2D eigenvalue weighted by molar-refractivity contribution is 5.94. The van der Waals surface area contributed by atoms with E-state index in [0.29, 0.717) is 30.8 Å². The van der Waals surface area contributed by atoms with Crippen LogP contribution in [0.3, 0.4) is 0 Å². The Bertz CT molecular complexity index is 971. The average Bonchev–Trinajstić information content (AvgIpc) is 3.28. The molecule has 2 amide bonds. The van der Waals surface area contributed by atoms with Gasteiger partial charge in [0.15, 0.2) is 0 Å². The van der Waals surface area contributed by atoms with Gasteiger partial charge in [-0.2, -0.15) is 5.10 Å². The predicted molar refractivity (Wildman–Crippen MR) is 114 cm³/mol. The Labute approximate surface area is 175 Å². The van der Waals surface area contributed by atoms with Gasteiger partial charge >= 0.3 is 0 Å². The van der Waals surface area contributed by atoms with E-state index in [1.165, 1.54) is 17.3 Å². The Kier molecular flexibility index (Phi) is 7.15. The van der Waals surface area contributed by atoms with Crippen LogP contribution in [-0.4, -0.2) is 33.2 Å². The molecule has 8 nitrogen and oxygen atoms in total. The van der Waals surface area contributed by atoms with Crippen molar-refractivity contribution in [2.45, 2.75) is 32.7 Å². The van der Waals surface area contributed by atoms with Crippen LogP contribution in [0.15, 0.2) is 61.2 Å². The maximum absolute atomic E-state index is 12.3. The molecule has 0 radical (unpaired) electrons. The van der Waals surface area contributed by atoms with Crippen LogP contribution in [0.2, 0.25) is 0 Å². The van der Waals surface area contributed by atoms with Crippen molar-refractivity contribution in [1.29, 1.82) is 0 Å². The van der Waals surface area contributed by atoms with Crippen LogP contribution in [-0.2, 0) is 9.59 Å². The molecule has 3 rings (SSSR count). The zero-order chi connectivity index (χ0) is 21.3. The van der Waals surface area contributed by atoms with Crippen molar-refractivity contribution in [3.8, 4) is 5.75 Å². The number of aromatic nitrogens is 3. The highest BCUT2D eigenvalue weighted by atomic mass is 16.5. The molecule has 0 aliphatic carbocycles. The summed E-state index contributed by atoms with van der Waals surface area (Å²) in [6.45, 7) is 4.21. The molecule has 0 saturated heterocycles. The molecule has 0 saturated carbocycles. The van der Waals surface area contributed by atoms with Gasteiger partial charge in [-0.15, -0.1) is 0 Å². The van der Waals surface area contributed by atoms with E-state index in [2.05, 4.69) is 20.7 Å². The Hall–Kier alpha value is -3.68. The van der Waals surface area contributed by atoms with Crippen LogP contribution in [0.25, 0.3) is 0 Å². The van der Waals surface area contributed by atoms with E-state index in [4.69, 9.17) is 4.74 Å². The number of carbonyl (C=O) groups excluding carboxylic acids is 2. The number of aryl methyl sites for hydroxylation is 1. The van der Waals surface area contributed by atoms with Gasteiger partial charge in [0.2, 0.25) is 11.8 Å². The second-order valence-corrected chi connectivity index (χ2v) is 6.88.